The number of rotatable bonds is 9. The minimum absolute atomic E-state index is 0.194. The molecule has 1 amide bonds. The summed E-state index contributed by atoms with van der Waals surface area (Å²) < 4.78 is 34.1. The topological polar surface area (TPSA) is 110 Å². The molecule has 0 unspecified atom stereocenters. The van der Waals surface area contributed by atoms with Crippen molar-refractivity contribution in [2.24, 2.45) is 5.92 Å². The molecule has 2 aromatic carbocycles. The van der Waals surface area contributed by atoms with Crippen molar-refractivity contribution in [2.75, 3.05) is 30.2 Å². The molecular weight excluding hydrogens is 514 g/mol. The zero-order valence-corrected chi connectivity index (χ0v) is 23.4. The molecule has 0 atom stereocenters. The number of hydrogen-bond donors (Lipinski definition) is 0. The summed E-state index contributed by atoms with van der Waals surface area (Å²) in [5, 5.41) is 11.6. The van der Waals surface area contributed by atoms with Gasteiger partial charge in [0.15, 0.2) is 4.90 Å². The molecule has 0 N–H and O–H groups in total. The van der Waals surface area contributed by atoms with Crippen LogP contribution < -0.4 is 4.31 Å². The van der Waals surface area contributed by atoms with Gasteiger partial charge in [-0.15, -0.1) is 11.8 Å². The van der Waals surface area contributed by atoms with Gasteiger partial charge in [0.2, 0.25) is 0 Å². The first-order valence-corrected chi connectivity index (χ1v) is 15.0. The maximum atomic E-state index is 13.7. The lowest BCUT2D eigenvalue weighted by Crippen LogP contribution is -2.41. The van der Waals surface area contributed by atoms with Crippen LogP contribution in [-0.2, 0) is 14.8 Å². The maximum absolute atomic E-state index is 13.7. The molecule has 1 fully saturated rings. The number of ether oxygens (including phenoxy) is 1. The van der Waals surface area contributed by atoms with Crippen molar-refractivity contribution in [2.45, 2.75) is 61.8 Å². The van der Waals surface area contributed by atoms with Crippen LogP contribution >= 0.6 is 11.8 Å². The molecule has 0 spiro atoms. The Bertz CT molecular complexity index is 1190. The molecule has 9 nitrogen and oxygen atoms in total. The van der Waals surface area contributed by atoms with Gasteiger partial charge in [0.05, 0.1) is 10.6 Å². The summed E-state index contributed by atoms with van der Waals surface area (Å²) >= 11 is 1.55. The third-order valence-corrected chi connectivity index (χ3v) is 8.85. The number of hydrogen-bond acceptors (Lipinski definition) is 7. The lowest BCUT2D eigenvalue weighted by Gasteiger charge is -2.33. The summed E-state index contributed by atoms with van der Waals surface area (Å²) in [6.07, 6.45) is 4.64. The van der Waals surface area contributed by atoms with E-state index < -0.39 is 26.2 Å². The molecule has 0 aliphatic carbocycles. The molecule has 1 aliphatic heterocycles. The molecule has 2 aromatic rings. The molecule has 0 bridgehead atoms. The summed E-state index contributed by atoms with van der Waals surface area (Å²) in [5.41, 5.74) is -0.511. The number of nitrogens with zero attached hydrogens (tertiary/aromatic N) is 3. The first-order chi connectivity index (χ1) is 17.4. The number of para-hydroxylation sites is 1. The number of benzene rings is 2. The average Bonchev–Trinajstić information content (AvgIpc) is 2.86. The van der Waals surface area contributed by atoms with E-state index >= 15 is 0 Å². The SMILES string of the molecule is CSc1ccc(N(CCCC2CCN(C(=O)OC(C)(C)C)CC2)S(=O)(=O)c2ccccc2[N+](=O)[O-])cc1. The summed E-state index contributed by atoms with van der Waals surface area (Å²) in [6, 6.07) is 12.6. The third-order valence-electron chi connectivity index (χ3n) is 6.23. The van der Waals surface area contributed by atoms with E-state index in [0.29, 0.717) is 31.1 Å². The predicted octanol–water partition coefficient (Wildman–Crippen LogP) is 5.94. The Morgan fingerprint density at radius 1 is 1.14 bits per heavy atom. The van der Waals surface area contributed by atoms with Gasteiger partial charge in [-0.1, -0.05) is 12.1 Å². The summed E-state index contributed by atoms with van der Waals surface area (Å²) in [4.78, 5) is 25.6. The predicted molar refractivity (Wildman–Crippen MR) is 146 cm³/mol. The van der Waals surface area contributed by atoms with Crippen molar-refractivity contribution in [1.29, 1.82) is 0 Å². The number of sulfonamides is 1. The number of carbonyl (C=O) groups excluding carboxylic acids is 1. The number of likely N-dealkylation sites (tertiary alicyclic amines) is 1. The van der Waals surface area contributed by atoms with E-state index in [0.717, 1.165) is 24.2 Å². The van der Waals surface area contributed by atoms with Gasteiger partial charge >= 0.3 is 6.09 Å². The number of anilines is 1. The second-order valence-corrected chi connectivity index (χ2v) is 12.8. The van der Waals surface area contributed by atoms with Gasteiger partial charge in [0, 0.05) is 30.6 Å². The van der Waals surface area contributed by atoms with Crippen LogP contribution in [0.25, 0.3) is 0 Å². The van der Waals surface area contributed by atoms with Crippen LogP contribution in [0.3, 0.4) is 0 Å². The van der Waals surface area contributed by atoms with E-state index in [1.54, 1.807) is 28.8 Å². The highest BCUT2D eigenvalue weighted by Gasteiger charge is 2.32. The van der Waals surface area contributed by atoms with E-state index in [4.69, 9.17) is 4.74 Å². The first-order valence-electron chi connectivity index (χ1n) is 12.3. The van der Waals surface area contributed by atoms with Crippen LogP contribution in [0.2, 0.25) is 0 Å². The minimum atomic E-state index is -4.17. The number of amides is 1. The van der Waals surface area contributed by atoms with Gasteiger partial charge < -0.3 is 9.64 Å². The Labute approximate surface area is 223 Å². The number of piperidine rings is 1. The molecule has 1 heterocycles. The minimum Gasteiger partial charge on any atom is -0.444 e. The van der Waals surface area contributed by atoms with E-state index in [1.165, 1.54) is 28.6 Å². The Morgan fingerprint density at radius 2 is 1.76 bits per heavy atom. The fourth-order valence-corrected chi connectivity index (χ4v) is 6.41. The second-order valence-electron chi connectivity index (χ2n) is 10.1. The maximum Gasteiger partial charge on any atom is 0.410 e. The second kappa shape index (κ2) is 12.2. The summed E-state index contributed by atoms with van der Waals surface area (Å²) in [7, 11) is -4.17. The smallest absolute Gasteiger partial charge is 0.410 e. The van der Waals surface area contributed by atoms with Crippen LogP contribution in [0.4, 0.5) is 16.2 Å². The van der Waals surface area contributed by atoms with Gasteiger partial charge in [-0.2, -0.15) is 0 Å². The van der Waals surface area contributed by atoms with Crippen molar-refractivity contribution in [3.63, 3.8) is 0 Å². The van der Waals surface area contributed by atoms with E-state index in [1.807, 2.05) is 39.2 Å². The normalized spacial score (nSPS) is 14.9. The molecule has 1 aliphatic rings. The largest absolute Gasteiger partial charge is 0.444 e. The lowest BCUT2D eigenvalue weighted by atomic mass is 9.92. The van der Waals surface area contributed by atoms with Crippen molar-refractivity contribution in [3.05, 3.63) is 58.6 Å². The van der Waals surface area contributed by atoms with E-state index in [-0.39, 0.29) is 17.5 Å². The first kappa shape index (κ1) is 28.8. The van der Waals surface area contributed by atoms with Crippen molar-refractivity contribution >= 4 is 39.3 Å². The average molecular weight is 550 g/mol. The molecule has 3 rings (SSSR count). The Morgan fingerprint density at radius 3 is 2.32 bits per heavy atom. The van der Waals surface area contributed by atoms with Crippen molar-refractivity contribution < 1.29 is 22.9 Å². The summed E-state index contributed by atoms with van der Waals surface area (Å²) in [5.74, 6) is 0.355. The number of thioether (sulfide) groups is 1. The lowest BCUT2D eigenvalue weighted by molar-refractivity contribution is -0.387. The van der Waals surface area contributed by atoms with Gasteiger partial charge in [-0.3, -0.25) is 14.4 Å². The fraction of sp³-hybridized carbons (Fsp3) is 0.500. The van der Waals surface area contributed by atoms with Crippen LogP contribution in [0, 0.1) is 16.0 Å². The van der Waals surface area contributed by atoms with Gasteiger partial charge in [-0.25, -0.2) is 13.2 Å². The highest BCUT2D eigenvalue weighted by atomic mass is 32.2. The third kappa shape index (κ3) is 7.61. The quantitative estimate of drug-likeness (QED) is 0.216. The van der Waals surface area contributed by atoms with Gasteiger partial charge in [0.1, 0.15) is 5.60 Å². The zero-order chi connectivity index (χ0) is 27.2. The van der Waals surface area contributed by atoms with Crippen LogP contribution in [0.5, 0.6) is 0 Å². The van der Waals surface area contributed by atoms with E-state index in [2.05, 4.69) is 0 Å². The molecule has 11 heteroatoms. The molecule has 37 heavy (non-hydrogen) atoms. The van der Waals surface area contributed by atoms with E-state index in [9.17, 15) is 23.3 Å². The van der Waals surface area contributed by atoms with Crippen LogP contribution in [0.15, 0.2) is 58.3 Å². The summed E-state index contributed by atoms with van der Waals surface area (Å²) in [6.45, 7) is 6.93. The molecule has 202 valence electrons. The highest BCUT2D eigenvalue weighted by molar-refractivity contribution is 7.98. The molecule has 1 saturated heterocycles. The Hall–Kier alpha value is -2.79. The fourth-order valence-electron chi connectivity index (χ4n) is 4.34. The zero-order valence-electron chi connectivity index (χ0n) is 21.8. The monoisotopic (exact) mass is 549 g/mol. The van der Waals surface area contributed by atoms with Crippen molar-refractivity contribution in [1.82, 2.24) is 4.90 Å². The molecular formula is C26H35N3O6S2. The Balaban J connectivity index is 1.72. The van der Waals surface area contributed by atoms with Gasteiger partial charge in [-0.05, 0) is 89.0 Å². The molecule has 0 aromatic heterocycles. The number of nitro benzene ring substituents is 1. The van der Waals surface area contributed by atoms with Crippen LogP contribution in [-0.4, -0.2) is 55.8 Å². The number of carbonyl (C=O) groups is 1. The highest BCUT2D eigenvalue weighted by Crippen LogP contribution is 2.32. The van der Waals surface area contributed by atoms with Crippen molar-refractivity contribution in [3.8, 4) is 0 Å². The van der Waals surface area contributed by atoms with Crippen LogP contribution in [0.1, 0.15) is 46.5 Å². The Kier molecular flexibility index (Phi) is 9.46. The number of nitro groups is 1. The standard InChI is InChI=1S/C26H35N3O6S2/c1-26(2,3)35-25(30)27-18-15-20(16-19-27)8-7-17-28(21-11-13-22(36-4)14-12-21)37(33,34)24-10-6-5-9-23(24)29(31)32/h5-6,9-14,20H,7-8,15-19H2,1-4H3. The molecule has 0 radical (unpaired) electrons. The molecule has 0 saturated carbocycles. The van der Waals surface area contributed by atoms with Gasteiger partial charge in [0.25, 0.3) is 15.7 Å².